The van der Waals surface area contributed by atoms with E-state index in [1.807, 2.05) is 0 Å². The molecule has 0 rings (SSSR count). The first-order valence-corrected chi connectivity index (χ1v) is 9.97. The summed E-state index contributed by atoms with van der Waals surface area (Å²) < 4.78 is 8.25. The minimum atomic E-state index is -1.10. The van der Waals surface area contributed by atoms with Gasteiger partial charge in [-0.05, 0) is 12.8 Å². The quantitative estimate of drug-likeness (QED) is 0.221. The summed E-state index contributed by atoms with van der Waals surface area (Å²) >= 11 is 0.750. The number of aliphatic hydroxyl groups is 2. The molecule has 4 heteroatoms. The zero-order valence-electron chi connectivity index (χ0n) is 14.7. The minimum absolute atomic E-state index is 0.540. The molecule has 0 saturated heterocycles. The third-order valence-electron chi connectivity index (χ3n) is 4.07. The Bertz CT molecular complexity index is 189. The summed E-state index contributed by atoms with van der Waals surface area (Å²) in [6, 6.07) is 0. The van der Waals surface area contributed by atoms with Crippen molar-refractivity contribution in [3.8, 4) is 0 Å². The predicted molar refractivity (Wildman–Crippen MR) is 88.5 cm³/mol. The van der Waals surface area contributed by atoms with Gasteiger partial charge in [-0.25, -0.2) is 0 Å². The molecule has 0 bridgehead atoms. The van der Waals surface area contributed by atoms with Crippen molar-refractivity contribution in [3.63, 3.8) is 0 Å². The maximum atomic E-state index is 8.71. The molecule has 0 aliphatic rings. The zero-order chi connectivity index (χ0) is 16.9. The van der Waals surface area contributed by atoms with Crippen LogP contribution in [0.4, 0.5) is 0 Å². The van der Waals surface area contributed by atoms with Gasteiger partial charge in [0.1, 0.15) is 0 Å². The Labute approximate surface area is 150 Å². The van der Waals surface area contributed by atoms with Gasteiger partial charge < -0.3 is 10.2 Å². The maximum absolute atomic E-state index is 8.71. The van der Waals surface area contributed by atoms with Gasteiger partial charge in [-0.15, -0.1) is 0 Å². The van der Waals surface area contributed by atoms with Gasteiger partial charge in [-0.1, -0.05) is 96.8 Å². The van der Waals surface area contributed by atoms with E-state index in [1.165, 1.54) is 83.5 Å². The fourth-order valence-electron chi connectivity index (χ4n) is 2.70. The molecule has 0 saturated carbocycles. The number of hydrogen-bond donors (Lipinski definition) is 2. The molecule has 3 nitrogen and oxygen atoms in total. The summed E-state index contributed by atoms with van der Waals surface area (Å²) in [5.74, 6) is 0. The molecule has 0 unspecified atom stereocenters. The van der Waals surface area contributed by atoms with Gasteiger partial charge in [-0.3, -0.25) is 0 Å². The predicted octanol–water partition coefficient (Wildman–Crippen LogP) is 5.44. The van der Waals surface area contributed by atoms with Gasteiger partial charge in [0.2, 0.25) is 0 Å². The van der Waals surface area contributed by atoms with Crippen LogP contribution >= 0.6 is 0 Å². The van der Waals surface area contributed by atoms with E-state index in [4.69, 9.17) is 13.5 Å². The molecule has 0 aromatic heterocycles. The zero-order valence-corrected chi connectivity index (χ0v) is 16.3. The van der Waals surface area contributed by atoms with Crippen molar-refractivity contribution in [2.45, 2.75) is 116 Å². The fourth-order valence-corrected chi connectivity index (χ4v) is 2.70. The van der Waals surface area contributed by atoms with Crippen molar-refractivity contribution in [2.24, 2.45) is 0 Å². The molecule has 0 aromatic rings. The van der Waals surface area contributed by atoms with E-state index in [2.05, 4.69) is 6.92 Å². The van der Waals surface area contributed by atoms with Crippen LogP contribution in [0.15, 0.2) is 0 Å². The molecule has 0 atom stereocenters. The molecule has 0 radical (unpaired) electrons. The van der Waals surface area contributed by atoms with Crippen LogP contribution in [0.3, 0.4) is 0 Å². The van der Waals surface area contributed by atoms with Crippen molar-refractivity contribution < 1.29 is 33.9 Å². The van der Waals surface area contributed by atoms with Crippen LogP contribution in [0.1, 0.15) is 110 Å². The van der Waals surface area contributed by atoms with E-state index in [0.29, 0.717) is 6.42 Å². The van der Waals surface area contributed by atoms with Crippen LogP contribution in [0.5, 0.6) is 0 Å². The van der Waals surface area contributed by atoms with Gasteiger partial charge in [0.25, 0.3) is 0 Å². The van der Waals surface area contributed by atoms with Crippen molar-refractivity contribution >= 4 is 0 Å². The first-order chi connectivity index (χ1) is 10.8. The summed E-state index contributed by atoms with van der Waals surface area (Å²) in [5, 5.41) is 17.4. The van der Waals surface area contributed by atoms with Crippen LogP contribution in [-0.2, 0) is 23.7 Å². The number of unbranched alkanes of at least 4 members (excludes halogenated alkanes) is 14. The summed E-state index contributed by atoms with van der Waals surface area (Å²) in [4.78, 5) is 0. The number of rotatable bonds is 16. The van der Waals surface area contributed by atoms with E-state index < -0.39 is 6.29 Å². The summed E-state index contributed by atoms with van der Waals surface area (Å²) in [7, 11) is 0. The monoisotopic (exact) mass is 350 g/mol. The Hall–Kier alpha value is 0.434. The molecule has 0 aliphatic carbocycles. The number of hydrogen-bond acceptors (Lipinski definition) is 3. The molecular formula is C18H38O3Ti. The second-order valence-electron chi connectivity index (χ2n) is 6.22. The SMILES string of the molecule is CCCCCCCCCCCCCCCCCC(O)O.[O]=[Ti]. The van der Waals surface area contributed by atoms with E-state index in [1.54, 1.807) is 0 Å². The summed E-state index contributed by atoms with van der Waals surface area (Å²) in [6.07, 6.45) is 19.6. The Morgan fingerprint density at radius 3 is 1.14 bits per heavy atom. The molecule has 0 aliphatic heterocycles. The van der Waals surface area contributed by atoms with E-state index in [0.717, 1.165) is 33.2 Å². The van der Waals surface area contributed by atoms with Gasteiger partial charge in [0.15, 0.2) is 6.29 Å². The first kappa shape index (κ1) is 24.7. The average molecular weight is 350 g/mol. The van der Waals surface area contributed by atoms with Crippen LogP contribution in [0.2, 0.25) is 0 Å². The molecule has 0 fully saturated rings. The van der Waals surface area contributed by atoms with Gasteiger partial charge in [-0.2, -0.15) is 0 Å². The normalized spacial score (nSPS) is 10.5. The summed E-state index contributed by atoms with van der Waals surface area (Å²) in [5.41, 5.74) is 0. The fraction of sp³-hybridized carbons (Fsp3) is 1.00. The van der Waals surface area contributed by atoms with Crippen molar-refractivity contribution in [1.82, 2.24) is 0 Å². The molecule has 132 valence electrons. The Balaban J connectivity index is 0. The third-order valence-corrected chi connectivity index (χ3v) is 4.07. The molecule has 0 amide bonds. The second kappa shape index (κ2) is 23.7. The van der Waals surface area contributed by atoms with Gasteiger partial charge in [0, 0.05) is 0 Å². The van der Waals surface area contributed by atoms with Gasteiger partial charge in [0.05, 0.1) is 0 Å². The van der Waals surface area contributed by atoms with Crippen LogP contribution in [0, 0.1) is 0 Å². The standard InChI is InChI=1S/C18H38O2.O.Ti/c1-2-3-4-5-6-7-8-9-10-11-12-13-14-15-16-17-18(19)20;;/h18-20H,2-17H2,1H3;;. The van der Waals surface area contributed by atoms with E-state index in [9.17, 15) is 0 Å². The molecule has 0 aromatic carbocycles. The first-order valence-electron chi connectivity index (χ1n) is 9.34. The van der Waals surface area contributed by atoms with Crippen molar-refractivity contribution in [3.05, 3.63) is 0 Å². The molecule has 2 N–H and O–H groups in total. The van der Waals surface area contributed by atoms with Crippen LogP contribution < -0.4 is 0 Å². The van der Waals surface area contributed by atoms with Crippen LogP contribution in [0.25, 0.3) is 0 Å². The summed E-state index contributed by atoms with van der Waals surface area (Å²) in [6.45, 7) is 2.27. The van der Waals surface area contributed by atoms with Gasteiger partial charge >= 0.3 is 23.7 Å². The Morgan fingerprint density at radius 1 is 0.591 bits per heavy atom. The number of aliphatic hydroxyl groups excluding tert-OH is 1. The van der Waals surface area contributed by atoms with E-state index in [-0.39, 0.29) is 0 Å². The Morgan fingerprint density at radius 2 is 0.864 bits per heavy atom. The molecular weight excluding hydrogens is 312 g/mol. The topological polar surface area (TPSA) is 57.5 Å². The molecule has 0 heterocycles. The average Bonchev–Trinajstić information content (AvgIpc) is 2.53. The third kappa shape index (κ3) is 25.4. The second-order valence-corrected chi connectivity index (χ2v) is 6.22. The van der Waals surface area contributed by atoms with E-state index >= 15 is 0 Å². The van der Waals surface area contributed by atoms with Crippen LogP contribution in [-0.4, -0.2) is 16.5 Å². The molecule has 0 spiro atoms. The Kier molecular flexibility index (Phi) is 26.6. The van der Waals surface area contributed by atoms with Crippen molar-refractivity contribution in [1.29, 1.82) is 0 Å². The van der Waals surface area contributed by atoms with Crippen molar-refractivity contribution in [2.75, 3.05) is 0 Å². The molecule has 22 heavy (non-hydrogen) atoms.